The first-order valence-electron chi connectivity index (χ1n) is 9.65. The molecule has 0 saturated carbocycles. The molecule has 2 aromatic heterocycles. The molecule has 3 heterocycles. The van der Waals surface area contributed by atoms with Gasteiger partial charge in [0, 0.05) is 42.3 Å². The maximum Gasteiger partial charge on any atom is 0.406 e. The highest BCUT2D eigenvalue weighted by Gasteiger charge is 2.31. The zero-order valence-corrected chi connectivity index (χ0v) is 16.9. The monoisotopic (exact) mass is 409 g/mol. The van der Waals surface area contributed by atoms with Crippen LogP contribution in [-0.2, 0) is 6.54 Å². The predicted molar refractivity (Wildman–Crippen MR) is 104 cm³/mol. The molecule has 0 N–H and O–H groups in total. The van der Waals surface area contributed by atoms with Gasteiger partial charge >= 0.3 is 6.18 Å². The number of carbonyl (C=O) groups is 1. The molecule has 1 aliphatic heterocycles. The summed E-state index contributed by atoms with van der Waals surface area (Å²) in [5.41, 5.74) is 1.16. The number of rotatable bonds is 7. The van der Waals surface area contributed by atoms with Crippen LogP contribution < -0.4 is 4.90 Å². The fraction of sp³-hybridized carbons (Fsp3) is 0.550. The lowest BCUT2D eigenvalue weighted by Gasteiger charge is -2.28. The Morgan fingerprint density at radius 1 is 1.34 bits per heavy atom. The van der Waals surface area contributed by atoms with Crippen LogP contribution in [0.4, 0.5) is 19.0 Å². The first-order valence-corrected chi connectivity index (χ1v) is 9.65. The number of carbonyl (C=O) groups excluding carboxylic acids is 1. The Hall–Kier alpha value is -2.42. The van der Waals surface area contributed by atoms with Crippen LogP contribution in [0, 0.1) is 13.8 Å². The molecule has 0 aromatic carbocycles. The molecule has 1 unspecified atom stereocenters. The van der Waals surface area contributed by atoms with E-state index in [9.17, 15) is 18.0 Å². The average Bonchev–Trinajstić information content (AvgIpc) is 3.21. The van der Waals surface area contributed by atoms with E-state index in [1.165, 1.54) is 0 Å². The molecule has 1 saturated heterocycles. The molecule has 158 valence electrons. The quantitative estimate of drug-likeness (QED) is 0.657. The molecular formula is C20H26F3N5O. The number of aromatic nitrogens is 3. The van der Waals surface area contributed by atoms with Crippen LogP contribution in [0.3, 0.4) is 0 Å². The third-order valence-electron chi connectivity index (χ3n) is 5.38. The molecule has 1 fully saturated rings. The highest BCUT2D eigenvalue weighted by molar-refractivity contribution is 5.99. The summed E-state index contributed by atoms with van der Waals surface area (Å²) in [5, 5.41) is 8.11. The van der Waals surface area contributed by atoms with Crippen molar-refractivity contribution < 1.29 is 18.0 Å². The number of ketones is 1. The number of Topliss-reactive ketones (excluding diaryl/α,β-unsaturated/α-hetero) is 1. The van der Waals surface area contributed by atoms with Crippen LogP contribution in [0.5, 0.6) is 0 Å². The van der Waals surface area contributed by atoms with E-state index >= 15 is 0 Å². The molecule has 2 aromatic rings. The Morgan fingerprint density at radius 2 is 2.10 bits per heavy atom. The number of anilines is 1. The normalized spacial score (nSPS) is 17.3. The van der Waals surface area contributed by atoms with Crippen molar-refractivity contribution >= 4 is 11.6 Å². The first kappa shape index (κ1) is 21.3. The second-order valence-corrected chi connectivity index (χ2v) is 7.68. The lowest BCUT2D eigenvalue weighted by molar-refractivity contribution is -0.141. The SMILES string of the molecule is Cc1cc(C(=O)CN(C)CC2CCCN2c2cccnn2)c(C)n1CC(F)(F)F. The van der Waals surface area contributed by atoms with Crippen LogP contribution in [0.2, 0.25) is 0 Å². The van der Waals surface area contributed by atoms with Crippen LogP contribution in [0.25, 0.3) is 0 Å². The number of likely N-dealkylation sites (N-methyl/N-ethyl adjacent to an activating group) is 1. The minimum Gasteiger partial charge on any atom is -0.351 e. The Balaban J connectivity index is 1.64. The van der Waals surface area contributed by atoms with Crippen LogP contribution >= 0.6 is 0 Å². The van der Waals surface area contributed by atoms with Gasteiger partial charge in [-0.1, -0.05) is 0 Å². The number of aryl methyl sites for hydroxylation is 1. The zero-order chi connectivity index (χ0) is 21.2. The van der Waals surface area contributed by atoms with Crippen LogP contribution in [-0.4, -0.2) is 64.3 Å². The van der Waals surface area contributed by atoms with Crippen molar-refractivity contribution in [3.05, 3.63) is 41.3 Å². The minimum atomic E-state index is -4.32. The summed E-state index contributed by atoms with van der Waals surface area (Å²) in [4.78, 5) is 16.9. The molecule has 6 nitrogen and oxygen atoms in total. The van der Waals surface area contributed by atoms with Crippen molar-refractivity contribution in [2.45, 2.75) is 45.5 Å². The van der Waals surface area contributed by atoms with Gasteiger partial charge in [-0.3, -0.25) is 9.69 Å². The van der Waals surface area contributed by atoms with Crippen molar-refractivity contribution in [2.24, 2.45) is 0 Å². The highest BCUT2D eigenvalue weighted by atomic mass is 19.4. The fourth-order valence-corrected chi connectivity index (χ4v) is 4.03. The summed E-state index contributed by atoms with van der Waals surface area (Å²) in [6, 6.07) is 5.55. The van der Waals surface area contributed by atoms with E-state index in [1.807, 2.05) is 24.1 Å². The first-order chi connectivity index (χ1) is 13.7. The van der Waals surface area contributed by atoms with Gasteiger partial charge in [0.1, 0.15) is 6.54 Å². The third kappa shape index (κ3) is 5.14. The molecule has 0 bridgehead atoms. The summed E-state index contributed by atoms with van der Waals surface area (Å²) in [6.07, 6.45) is -0.649. The van der Waals surface area contributed by atoms with Gasteiger partial charge in [0.25, 0.3) is 0 Å². The molecule has 9 heteroatoms. The molecule has 0 amide bonds. The molecule has 0 radical (unpaired) electrons. The van der Waals surface area contributed by atoms with Crippen molar-refractivity contribution in [1.29, 1.82) is 0 Å². The minimum absolute atomic E-state index is 0.154. The van der Waals surface area contributed by atoms with Crippen LogP contribution in [0.1, 0.15) is 34.6 Å². The molecule has 0 spiro atoms. The summed E-state index contributed by atoms with van der Waals surface area (Å²) >= 11 is 0. The summed E-state index contributed by atoms with van der Waals surface area (Å²) in [7, 11) is 1.86. The number of hydrogen-bond acceptors (Lipinski definition) is 5. The molecule has 0 aliphatic carbocycles. The summed E-state index contributed by atoms with van der Waals surface area (Å²) in [6.45, 7) is 3.80. The van der Waals surface area contributed by atoms with E-state index in [4.69, 9.17) is 0 Å². The fourth-order valence-electron chi connectivity index (χ4n) is 4.03. The Morgan fingerprint density at radius 3 is 2.76 bits per heavy atom. The highest BCUT2D eigenvalue weighted by Crippen LogP contribution is 2.25. The van der Waals surface area contributed by atoms with E-state index in [2.05, 4.69) is 15.1 Å². The Bertz CT molecular complexity index is 850. The molecule has 1 atom stereocenters. The van der Waals surface area contributed by atoms with Gasteiger partial charge in [-0.2, -0.15) is 18.3 Å². The molecule has 29 heavy (non-hydrogen) atoms. The average molecular weight is 409 g/mol. The smallest absolute Gasteiger partial charge is 0.351 e. The van der Waals surface area contributed by atoms with Gasteiger partial charge in [-0.15, -0.1) is 5.10 Å². The van der Waals surface area contributed by atoms with Gasteiger partial charge in [0.15, 0.2) is 11.6 Å². The van der Waals surface area contributed by atoms with Crippen molar-refractivity contribution in [1.82, 2.24) is 19.7 Å². The lowest BCUT2D eigenvalue weighted by atomic mass is 10.1. The molecular weight excluding hydrogens is 383 g/mol. The number of alkyl halides is 3. The Labute approximate surface area is 168 Å². The molecule has 1 aliphatic rings. The van der Waals surface area contributed by atoms with Gasteiger partial charge in [-0.25, -0.2) is 0 Å². The third-order valence-corrected chi connectivity index (χ3v) is 5.38. The van der Waals surface area contributed by atoms with Crippen LogP contribution in [0.15, 0.2) is 24.4 Å². The maximum absolute atomic E-state index is 12.8. The van der Waals surface area contributed by atoms with Crippen molar-refractivity contribution in [3.8, 4) is 0 Å². The maximum atomic E-state index is 12.8. The summed E-state index contributed by atoms with van der Waals surface area (Å²) < 4.78 is 39.5. The van der Waals surface area contributed by atoms with E-state index in [-0.39, 0.29) is 18.4 Å². The Kier molecular flexibility index (Phi) is 6.26. The molecule has 3 rings (SSSR count). The second-order valence-electron chi connectivity index (χ2n) is 7.68. The second kappa shape index (κ2) is 8.52. The van der Waals surface area contributed by atoms with Gasteiger partial charge < -0.3 is 9.47 Å². The topological polar surface area (TPSA) is 54.3 Å². The van der Waals surface area contributed by atoms with Gasteiger partial charge in [-0.05, 0) is 51.9 Å². The van der Waals surface area contributed by atoms with E-state index in [0.717, 1.165) is 29.8 Å². The zero-order valence-electron chi connectivity index (χ0n) is 16.9. The number of halogens is 3. The van der Waals surface area contributed by atoms with Crippen molar-refractivity contribution in [2.75, 3.05) is 31.6 Å². The van der Waals surface area contributed by atoms with Gasteiger partial charge in [0.2, 0.25) is 0 Å². The van der Waals surface area contributed by atoms with E-state index in [0.29, 0.717) is 23.5 Å². The van der Waals surface area contributed by atoms with E-state index in [1.54, 1.807) is 26.1 Å². The number of hydrogen-bond donors (Lipinski definition) is 0. The standard InChI is InChI=1S/C20H26F3N5O/c1-14-10-17(15(2)28(14)13-20(21,22)23)18(29)12-26(3)11-16-6-5-9-27(16)19-7-4-8-24-25-19/h4,7-8,10,16H,5-6,9,11-13H2,1-3H3. The predicted octanol–water partition coefficient (Wildman–Crippen LogP) is 3.24. The number of nitrogens with zero attached hydrogens (tertiary/aromatic N) is 5. The summed E-state index contributed by atoms with van der Waals surface area (Å²) in [5.74, 6) is 0.656. The van der Waals surface area contributed by atoms with E-state index < -0.39 is 12.7 Å². The van der Waals surface area contributed by atoms with Gasteiger partial charge in [0.05, 0.1) is 6.54 Å². The lowest BCUT2D eigenvalue weighted by Crippen LogP contribution is -2.41. The van der Waals surface area contributed by atoms with Crippen molar-refractivity contribution in [3.63, 3.8) is 0 Å². The largest absolute Gasteiger partial charge is 0.406 e.